The van der Waals surface area contributed by atoms with Crippen molar-refractivity contribution in [2.75, 3.05) is 12.4 Å². The molecule has 1 aromatic rings. The van der Waals surface area contributed by atoms with Gasteiger partial charge in [0.1, 0.15) is 0 Å². The van der Waals surface area contributed by atoms with Crippen LogP contribution in [0.1, 0.15) is 27.9 Å². The van der Waals surface area contributed by atoms with Crippen molar-refractivity contribution < 1.29 is 9.53 Å². The molecule has 0 aliphatic carbocycles. The van der Waals surface area contributed by atoms with Crippen LogP contribution in [0.5, 0.6) is 0 Å². The zero-order chi connectivity index (χ0) is 12.0. The van der Waals surface area contributed by atoms with Gasteiger partial charge in [0.2, 0.25) is 0 Å². The van der Waals surface area contributed by atoms with Crippen molar-refractivity contribution in [3.63, 3.8) is 0 Å². The molecule has 0 fully saturated rings. The fraction of sp³-hybridized carbons (Fsp3) is 0.417. The Bertz CT molecular complexity index is 364. The number of carbonyl (C=O) groups is 1. The molecule has 16 heavy (non-hydrogen) atoms. The summed E-state index contributed by atoms with van der Waals surface area (Å²) in [4.78, 5) is 11.6. The fourth-order valence-corrected chi connectivity index (χ4v) is 2.13. The smallest absolute Gasteiger partial charge is 0.338 e. The molecule has 0 aliphatic heterocycles. The maximum Gasteiger partial charge on any atom is 0.338 e. The molecule has 0 heterocycles. The highest BCUT2D eigenvalue weighted by Crippen LogP contribution is 2.17. The van der Waals surface area contributed by atoms with Gasteiger partial charge in [0.25, 0.3) is 0 Å². The van der Waals surface area contributed by atoms with Crippen LogP contribution in [0.15, 0.2) is 18.2 Å². The molecule has 0 spiro atoms. The minimum atomic E-state index is -0.259. The van der Waals surface area contributed by atoms with E-state index < -0.39 is 0 Å². The molecule has 4 heteroatoms. The van der Waals surface area contributed by atoms with Crippen molar-refractivity contribution in [3.8, 4) is 0 Å². The molecule has 0 saturated heterocycles. The largest absolute Gasteiger partial charge is 0.465 e. The Morgan fingerprint density at radius 3 is 2.69 bits per heavy atom. The highest BCUT2D eigenvalue weighted by atomic mass is 79.9. The van der Waals surface area contributed by atoms with Crippen LogP contribution in [0.25, 0.3) is 0 Å². The summed E-state index contributed by atoms with van der Waals surface area (Å²) in [6.45, 7) is 0. The normalized spacial score (nSPS) is 10.2. The van der Waals surface area contributed by atoms with E-state index in [9.17, 15) is 4.79 Å². The Morgan fingerprint density at radius 2 is 2.12 bits per heavy atom. The van der Waals surface area contributed by atoms with Crippen LogP contribution in [0.3, 0.4) is 0 Å². The number of halogens is 2. The van der Waals surface area contributed by atoms with E-state index >= 15 is 0 Å². The Balaban J connectivity index is 3.00. The van der Waals surface area contributed by atoms with Gasteiger partial charge < -0.3 is 4.74 Å². The van der Waals surface area contributed by atoms with Gasteiger partial charge in [0.05, 0.1) is 12.7 Å². The van der Waals surface area contributed by atoms with Gasteiger partial charge in [0.15, 0.2) is 0 Å². The molecule has 0 aliphatic rings. The third-order valence-corrected chi connectivity index (χ3v) is 3.52. The van der Waals surface area contributed by atoms with Crippen molar-refractivity contribution in [1.29, 1.82) is 0 Å². The van der Waals surface area contributed by atoms with Crippen molar-refractivity contribution in [2.45, 2.75) is 18.2 Å². The highest BCUT2D eigenvalue weighted by molar-refractivity contribution is 9.09. The van der Waals surface area contributed by atoms with E-state index in [0.717, 1.165) is 29.1 Å². The molecule has 0 amide bonds. The number of aryl methyl sites for hydroxylation is 1. The Labute approximate surface area is 113 Å². The zero-order valence-electron chi connectivity index (χ0n) is 9.13. The molecule has 0 N–H and O–H groups in total. The SMILES string of the molecule is COC(=O)c1ccc(CBr)cc1CCCBr. The third kappa shape index (κ3) is 3.59. The maximum atomic E-state index is 11.6. The summed E-state index contributed by atoms with van der Waals surface area (Å²) in [7, 11) is 1.41. The second kappa shape index (κ2) is 7.07. The Kier molecular flexibility index (Phi) is 6.06. The average Bonchev–Trinajstić information content (AvgIpc) is 2.34. The monoisotopic (exact) mass is 348 g/mol. The van der Waals surface area contributed by atoms with Crippen molar-refractivity contribution in [3.05, 3.63) is 34.9 Å². The second-order valence-electron chi connectivity index (χ2n) is 3.41. The van der Waals surface area contributed by atoms with Crippen LogP contribution in [-0.2, 0) is 16.5 Å². The van der Waals surface area contributed by atoms with Crippen LogP contribution >= 0.6 is 31.9 Å². The van der Waals surface area contributed by atoms with E-state index in [1.54, 1.807) is 0 Å². The van der Waals surface area contributed by atoms with E-state index in [2.05, 4.69) is 37.9 Å². The van der Waals surface area contributed by atoms with Crippen LogP contribution in [-0.4, -0.2) is 18.4 Å². The number of alkyl halides is 2. The van der Waals surface area contributed by atoms with Crippen molar-refractivity contribution >= 4 is 37.8 Å². The fourth-order valence-electron chi connectivity index (χ4n) is 1.50. The molecule has 0 radical (unpaired) electrons. The first-order valence-corrected chi connectivity index (χ1v) is 7.29. The van der Waals surface area contributed by atoms with Gasteiger partial charge in [-0.3, -0.25) is 0 Å². The standard InChI is InChI=1S/C12H14Br2O2/c1-16-12(15)11-5-4-9(8-14)7-10(11)3-2-6-13/h4-5,7H,2-3,6,8H2,1H3. The minimum Gasteiger partial charge on any atom is -0.465 e. The van der Waals surface area contributed by atoms with Crippen molar-refractivity contribution in [1.82, 2.24) is 0 Å². The summed E-state index contributed by atoms with van der Waals surface area (Å²) in [6, 6.07) is 5.84. The van der Waals surface area contributed by atoms with Gasteiger partial charge in [-0.25, -0.2) is 4.79 Å². The lowest BCUT2D eigenvalue weighted by Gasteiger charge is -2.08. The van der Waals surface area contributed by atoms with Gasteiger partial charge >= 0.3 is 5.97 Å². The summed E-state index contributed by atoms with van der Waals surface area (Å²) in [5, 5.41) is 1.74. The lowest BCUT2D eigenvalue weighted by atomic mass is 10.0. The molecule has 2 nitrogen and oxygen atoms in total. The van der Waals surface area contributed by atoms with Crippen molar-refractivity contribution in [2.24, 2.45) is 0 Å². The number of carbonyl (C=O) groups excluding carboxylic acids is 1. The molecule has 1 rings (SSSR count). The molecule has 0 aromatic heterocycles. The van der Waals surface area contributed by atoms with Gasteiger partial charge in [-0.2, -0.15) is 0 Å². The molecule has 0 unspecified atom stereocenters. The summed E-state index contributed by atoms with van der Waals surface area (Å²) in [5.41, 5.74) is 2.91. The molecule has 0 atom stereocenters. The molecule has 88 valence electrons. The van der Waals surface area contributed by atoms with E-state index in [0.29, 0.717) is 5.56 Å². The lowest BCUT2D eigenvalue weighted by molar-refractivity contribution is 0.0599. The number of rotatable bonds is 5. The average molecular weight is 350 g/mol. The number of ether oxygens (including phenoxy) is 1. The van der Waals surface area contributed by atoms with E-state index in [-0.39, 0.29) is 5.97 Å². The number of hydrogen-bond donors (Lipinski definition) is 0. The zero-order valence-corrected chi connectivity index (χ0v) is 12.3. The summed E-state index contributed by atoms with van der Waals surface area (Å²) >= 11 is 6.81. The number of methoxy groups -OCH3 is 1. The Hall–Kier alpha value is -0.350. The summed E-state index contributed by atoms with van der Waals surface area (Å²) in [6.07, 6.45) is 1.90. The van der Waals surface area contributed by atoms with Crippen LogP contribution < -0.4 is 0 Å². The first-order chi connectivity index (χ1) is 7.72. The van der Waals surface area contributed by atoms with E-state index in [4.69, 9.17) is 4.74 Å². The van der Waals surface area contributed by atoms with Crippen LogP contribution in [0, 0.1) is 0 Å². The van der Waals surface area contributed by atoms with Crippen LogP contribution in [0.2, 0.25) is 0 Å². The van der Waals surface area contributed by atoms with Gasteiger partial charge in [0, 0.05) is 10.7 Å². The second-order valence-corrected chi connectivity index (χ2v) is 4.76. The topological polar surface area (TPSA) is 26.3 Å². The van der Waals surface area contributed by atoms with Gasteiger partial charge in [-0.1, -0.05) is 44.0 Å². The van der Waals surface area contributed by atoms with E-state index in [1.165, 1.54) is 12.7 Å². The van der Waals surface area contributed by atoms with Crippen LogP contribution in [0.4, 0.5) is 0 Å². The number of esters is 1. The third-order valence-electron chi connectivity index (χ3n) is 2.31. The number of benzene rings is 1. The molecular weight excluding hydrogens is 336 g/mol. The molecule has 0 bridgehead atoms. The molecule has 0 saturated carbocycles. The highest BCUT2D eigenvalue weighted by Gasteiger charge is 2.11. The van der Waals surface area contributed by atoms with Gasteiger partial charge in [-0.05, 0) is 30.0 Å². The first-order valence-electron chi connectivity index (χ1n) is 5.05. The van der Waals surface area contributed by atoms with Gasteiger partial charge in [-0.15, -0.1) is 0 Å². The number of hydrogen-bond acceptors (Lipinski definition) is 2. The molecule has 1 aromatic carbocycles. The quantitative estimate of drug-likeness (QED) is 0.598. The predicted molar refractivity (Wildman–Crippen MR) is 72.5 cm³/mol. The molecular formula is C12H14Br2O2. The summed E-state index contributed by atoms with van der Waals surface area (Å²) < 4.78 is 4.77. The van der Waals surface area contributed by atoms with E-state index in [1.807, 2.05) is 12.1 Å². The first kappa shape index (κ1) is 13.7. The lowest BCUT2D eigenvalue weighted by Crippen LogP contribution is -2.06. The minimum absolute atomic E-state index is 0.259. The summed E-state index contributed by atoms with van der Waals surface area (Å²) in [5.74, 6) is -0.259. The maximum absolute atomic E-state index is 11.6. The predicted octanol–water partition coefficient (Wildman–Crippen LogP) is 3.70. The Morgan fingerprint density at radius 1 is 1.38 bits per heavy atom.